The summed E-state index contributed by atoms with van der Waals surface area (Å²) in [6.07, 6.45) is 0. The molecule has 0 unspecified atom stereocenters. The summed E-state index contributed by atoms with van der Waals surface area (Å²) in [4.78, 5) is 12.4. The van der Waals surface area contributed by atoms with Crippen molar-refractivity contribution in [1.29, 1.82) is 0 Å². The van der Waals surface area contributed by atoms with E-state index in [1.165, 1.54) is 32.4 Å². The van der Waals surface area contributed by atoms with Crippen LogP contribution in [-0.2, 0) is 0 Å². The highest BCUT2D eigenvalue weighted by Crippen LogP contribution is 2.27. The largest absolute Gasteiger partial charge is 0.497 e. The van der Waals surface area contributed by atoms with E-state index in [0.717, 1.165) is 0 Å². The van der Waals surface area contributed by atoms with Crippen LogP contribution >= 0.6 is 15.9 Å². The van der Waals surface area contributed by atoms with Gasteiger partial charge in [0.05, 0.1) is 24.3 Å². The van der Waals surface area contributed by atoms with E-state index in [1.807, 2.05) is 0 Å². The third kappa shape index (κ3) is 2.82. The van der Waals surface area contributed by atoms with Crippen molar-refractivity contribution in [2.24, 2.45) is 0 Å². The van der Waals surface area contributed by atoms with E-state index in [4.69, 9.17) is 9.47 Å². The number of rotatable bonds is 4. The first-order valence-electron chi connectivity index (χ1n) is 5.78. The second-order valence-electron chi connectivity index (χ2n) is 4.02. The SMILES string of the molecule is COc1ccc(C(=O)c2ccc(F)c(Br)c2)c(OC)c1. The molecule has 0 aromatic heterocycles. The maximum absolute atomic E-state index is 13.2. The predicted octanol–water partition coefficient (Wildman–Crippen LogP) is 3.84. The molecule has 2 aromatic carbocycles. The highest BCUT2D eigenvalue weighted by Gasteiger charge is 2.16. The highest BCUT2D eigenvalue weighted by atomic mass is 79.9. The second-order valence-corrected chi connectivity index (χ2v) is 4.88. The maximum atomic E-state index is 13.2. The van der Waals surface area contributed by atoms with E-state index in [0.29, 0.717) is 22.6 Å². The van der Waals surface area contributed by atoms with Crippen molar-refractivity contribution in [2.45, 2.75) is 0 Å². The second kappa shape index (κ2) is 6.05. The van der Waals surface area contributed by atoms with Crippen molar-refractivity contribution >= 4 is 21.7 Å². The lowest BCUT2D eigenvalue weighted by molar-refractivity contribution is 0.103. The third-order valence-electron chi connectivity index (χ3n) is 2.84. The third-order valence-corrected chi connectivity index (χ3v) is 3.44. The van der Waals surface area contributed by atoms with Crippen LogP contribution in [0.3, 0.4) is 0 Å². The van der Waals surface area contributed by atoms with Crippen molar-refractivity contribution < 1.29 is 18.7 Å². The molecule has 0 amide bonds. The first-order valence-corrected chi connectivity index (χ1v) is 6.58. The van der Waals surface area contributed by atoms with Gasteiger partial charge in [0.25, 0.3) is 0 Å². The molecule has 0 saturated heterocycles. The minimum absolute atomic E-state index is 0.245. The summed E-state index contributed by atoms with van der Waals surface area (Å²) in [5.74, 6) is 0.349. The van der Waals surface area contributed by atoms with Crippen molar-refractivity contribution in [3.63, 3.8) is 0 Å². The number of ether oxygens (including phenoxy) is 2. The van der Waals surface area contributed by atoms with E-state index >= 15 is 0 Å². The Morgan fingerprint density at radius 2 is 1.85 bits per heavy atom. The van der Waals surface area contributed by atoms with Crippen LogP contribution in [0.4, 0.5) is 4.39 Å². The number of halogens is 2. The molecule has 0 atom stereocenters. The molecule has 0 radical (unpaired) electrons. The Balaban J connectivity index is 2.44. The van der Waals surface area contributed by atoms with Gasteiger partial charge in [-0.25, -0.2) is 4.39 Å². The molecule has 0 spiro atoms. The van der Waals surface area contributed by atoms with Gasteiger partial charge in [-0.1, -0.05) is 0 Å². The molecule has 0 aliphatic heterocycles. The molecule has 3 nitrogen and oxygen atoms in total. The number of carbonyl (C=O) groups excluding carboxylic acids is 1. The van der Waals surface area contributed by atoms with E-state index in [9.17, 15) is 9.18 Å². The Morgan fingerprint density at radius 1 is 1.10 bits per heavy atom. The molecule has 104 valence electrons. The molecule has 0 aliphatic carbocycles. The molecule has 0 aliphatic rings. The fraction of sp³-hybridized carbons (Fsp3) is 0.133. The van der Waals surface area contributed by atoms with Crippen LogP contribution < -0.4 is 9.47 Å². The van der Waals surface area contributed by atoms with Crippen LogP contribution in [0.5, 0.6) is 11.5 Å². The standard InChI is InChI=1S/C15H12BrFO3/c1-19-10-4-5-11(14(8-10)20-2)15(18)9-3-6-13(17)12(16)7-9/h3-8H,1-2H3. The fourth-order valence-electron chi connectivity index (χ4n) is 1.78. The van der Waals surface area contributed by atoms with Gasteiger partial charge in [-0.2, -0.15) is 0 Å². The number of hydrogen-bond acceptors (Lipinski definition) is 3. The Bertz CT molecular complexity index is 656. The molecule has 20 heavy (non-hydrogen) atoms. The summed E-state index contributed by atoms with van der Waals surface area (Å²) in [6.45, 7) is 0. The topological polar surface area (TPSA) is 35.5 Å². The minimum Gasteiger partial charge on any atom is -0.497 e. The fourth-order valence-corrected chi connectivity index (χ4v) is 2.16. The molecule has 0 saturated carbocycles. The van der Waals surface area contributed by atoms with Crippen LogP contribution in [-0.4, -0.2) is 20.0 Å². The summed E-state index contributed by atoms with van der Waals surface area (Å²) in [5, 5.41) is 0. The highest BCUT2D eigenvalue weighted by molar-refractivity contribution is 9.10. The summed E-state index contributed by atoms with van der Waals surface area (Å²) in [6, 6.07) is 9.05. The van der Waals surface area contributed by atoms with Gasteiger partial charge in [0, 0.05) is 11.6 Å². The van der Waals surface area contributed by atoms with Crippen LogP contribution in [0.2, 0.25) is 0 Å². The first-order chi connectivity index (χ1) is 9.56. The lowest BCUT2D eigenvalue weighted by atomic mass is 10.0. The predicted molar refractivity (Wildman–Crippen MR) is 77.1 cm³/mol. The summed E-state index contributed by atoms with van der Waals surface area (Å²) in [5.41, 5.74) is 0.772. The number of carbonyl (C=O) groups is 1. The molecule has 0 fully saturated rings. The number of ketones is 1. The zero-order valence-corrected chi connectivity index (χ0v) is 12.5. The quantitative estimate of drug-likeness (QED) is 0.794. The van der Waals surface area contributed by atoms with Gasteiger partial charge in [-0.3, -0.25) is 4.79 Å². The average molecular weight is 339 g/mol. The van der Waals surface area contributed by atoms with E-state index in [1.54, 1.807) is 18.2 Å². The van der Waals surface area contributed by atoms with Gasteiger partial charge < -0.3 is 9.47 Å². The summed E-state index contributed by atoms with van der Waals surface area (Å²) >= 11 is 3.07. The Kier molecular flexibility index (Phi) is 4.39. The average Bonchev–Trinajstić information content (AvgIpc) is 2.48. The minimum atomic E-state index is -0.414. The van der Waals surface area contributed by atoms with Crippen LogP contribution in [0.1, 0.15) is 15.9 Å². The Labute approximate surface area is 124 Å². The molecule has 2 aromatic rings. The van der Waals surface area contributed by atoms with Crippen LogP contribution in [0, 0.1) is 5.82 Å². The monoisotopic (exact) mass is 338 g/mol. The molecule has 0 heterocycles. The smallest absolute Gasteiger partial charge is 0.196 e. The van der Waals surface area contributed by atoms with Crippen molar-refractivity contribution in [1.82, 2.24) is 0 Å². The number of hydrogen-bond donors (Lipinski definition) is 0. The van der Waals surface area contributed by atoms with Gasteiger partial charge in [0.15, 0.2) is 5.78 Å². The van der Waals surface area contributed by atoms with Crippen molar-refractivity contribution in [2.75, 3.05) is 14.2 Å². The van der Waals surface area contributed by atoms with Gasteiger partial charge in [0.2, 0.25) is 0 Å². The van der Waals surface area contributed by atoms with E-state index in [-0.39, 0.29) is 10.3 Å². The van der Waals surface area contributed by atoms with Gasteiger partial charge in [-0.05, 0) is 46.3 Å². The first kappa shape index (κ1) is 14.5. The lowest BCUT2D eigenvalue weighted by Crippen LogP contribution is -2.04. The van der Waals surface area contributed by atoms with E-state index in [2.05, 4.69) is 15.9 Å². The van der Waals surface area contributed by atoms with Gasteiger partial charge in [-0.15, -0.1) is 0 Å². The summed E-state index contributed by atoms with van der Waals surface area (Å²) in [7, 11) is 3.01. The molecule has 0 N–H and O–H groups in total. The normalized spacial score (nSPS) is 10.2. The maximum Gasteiger partial charge on any atom is 0.196 e. The molecule has 2 rings (SSSR count). The lowest BCUT2D eigenvalue weighted by Gasteiger charge is -2.10. The molecular weight excluding hydrogens is 327 g/mol. The molecule has 0 bridgehead atoms. The zero-order chi connectivity index (χ0) is 14.7. The molecule has 5 heteroatoms. The summed E-state index contributed by atoms with van der Waals surface area (Å²) < 4.78 is 23.7. The molecular formula is C15H12BrFO3. The zero-order valence-electron chi connectivity index (χ0n) is 10.9. The van der Waals surface area contributed by atoms with Crippen molar-refractivity contribution in [3.8, 4) is 11.5 Å². The van der Waals surface area contributed by atoms with Gasteiger partial charge >= 0.3 is 0 Å². The van der Waals surface area contributed by atoms with Gasteiger partial charge in [0.1, 0.15) is 17.3 Å². The number of methoxy groups -OCH3 is 2. The van der Waals surface area contributed by atoms with Crippen LogP contribution in [0.15, 0.2) is 40.9 Å². The van der Waals surface area contributed by atoms with Crippen LogP contribution in [0.25, 0.3) is 0 Å². The Morgan fingerprint density at radius 3 is 2.45 bits per heavy atom. The number of benzene rings is 2. The van der Waals surface area contributed by atoms with Crippen molar-refractivity contribution in [3.05, 3.63) is 57.8 Å². The Hall–Kier alpha value is -1.88. The van der Waals surface area contributed by atoms with E-state index < -0.39 is 5.82 Å².